The number of hydrogen-bond donors (Lipinski definition) is 0. The van der Waals surface area contributed by atoms with Crippen LogP contribution in [-0.4, -0.2) is 0 Å². The Morgan fingerprint density at radius 3 is 1.31 bits per heavy atom. The Hall–Kier alpha value is -6.76. The average molecular weight is 659 g/mol. The van der Waals surface area contributed by atoms with Crippen molar-refractivity contribution in [3.8, 4) is 55.6 Å². The van der Waals surface area contributed by atoms with Gasteiger partial charge in [0.2, 0.25) is 0 Å². The number of benzene rings is 10. The van der Waals surface area contributed by atoms with Gasteiger partial charge in [-0.25, -0.2) is 0 Å². The maximum Gasteiger partial charge on any atom is -0.00199 e. The van der Waals surface area contributed by atoms with Crippen molar-refractivity contribution in [1.82, 2.24) is 0 Å². The SMILES string of the molecule is c1ccc(-c2ccc(-c3ccccc3-c3cc4ccccc4c4ccccc34)cc2-c2c3ccccc3c(-c3ccccc3)c3ccccc23)cc1. The van der Waals surface area contributed by atoms with Gasteiger partial charge in [-0.1, -0.05) is 194 Å². The lowest BCUT2D eigenvalue weighted by Crippen LogP contribution is -1.94. The van der Waals surface area contributed by atoms with Crippen LogP contribution >= 0.6 is 0 Å². The molecule has 242 valence electrons. The van der Waals surface area contributed by atoms with Crippen LogP contribution in [-0.2, 0) is 0 Å². The summed E-state index contributed by atoms with van der Waals surface area (Å²) in [4.78, 5) is 0. The van der Waals surface area contributed by atoms with Crippen molar-refractivity contribution >= 4 is 43.1 Å². The zero-order chi connectivity index (χ0) is 34.4. The molecular formula is C52H34. The van der Waals surface area contributed by atoms with Gasteiger partial charge in [0.05, 0.1) is 0 Å². The van der Waals surface area contributed by atoms with Crippen LogP contribution in [0.15, 0.2) is 206 Å². The van der Waals surface area contributed by atoms with E-state index in [0.717, 1.165) is 0 Å². The topological polar surface area (TPSA) is 0 Å². The molecule has 0 saturated heterocycles. The number of rotatable bonds is 5. The molecule has 0 aliphatic heterocycles. The van der Waals surface area contributed by atoms with E-state index in [1.807, 2.05) is 0 Å². The van der Waals surface area contributed by atoms with E-state index in [9.17, 15) is 0 Å². The lowest BCUT2D eigenvalue weighted by molar-refractivity contribution is 1.57. The highest BCUT2D eigenvalue weighted by molar-refractivity contribution is 6.23. The van der Waals surface area contributed by atoms with Crippen LogP contribution in [0.3, 0.4) is 0 Å². The van der Waals surface area contributed by atoms with Crippen molar-refractivity contribution in [2.45, 2.75) is 0 Å². The van der Waals surface area contributed by atoms with Crippen LogP contribution in [0, 0.1) is 0 Å². The summed E-state index contributed by atoms with van der Waals surface area (Å²) in [7, 11) is 0. The Morgan fingerprint density at radius 1 is 0.192 bits per heavy atom. The van der Waals surface area contributed by atoms with Crippen molar-refractivity contribution in [3.05, 3.63) is 206 Å². The fourth-order valence-corrected chi connectivity index (χ4v) is 8.37. The molecule has 0 aliphatic carbocycles. The maximum atomic E-state index is 2.45. The van der Waals surface area contributed by atoms with E-state index in [-0.39, 0.29) is 0 Å². The summed E-state index contributed by atoms with van der Waals surface area (Å²) in [5, 5.41) is 10.1. The smallest absolute Gasteiger partial charge is 0.00199 e. The molecule has 0 heteroatoms. The summed E-state index contributed by atoms with van der Waals surface area (Å²) < 4.78 is 0. The Bertz CT molecular complexity index is 2880. The fourth-order valence-electron chi connectivity index (χ4n) is 8.37. The average Bonchev–Trinajstić information content (AvgIpc) is 3.23. The first-order valence-electron chi connectivity index (χ1n) is 18.0. The second-order valence-electron chi connectivity index (χ2n) is 13.6. The van der Waals surface area contributed by atoms with E-state index in [0.29, 0.717) is 0 Å². The maximum absolute atomic E-state index is 2.45. The van der Waals surface area contributed by atoms with Crippen molar-refractivity contribution in [3.63, 3.8) is 0 Å². The van der Waals surface area contributed by atoms with Crippen LogP contribution in [0.4, 0.5) is 0 Å². The summed E-state index contributed by atoms with van der Waals surface area (Å²) >= 11 is 0. The van der Waals surface area contributed by atoms with E-state index < -0.39 is 0 Å². The number of hydrogen-bond acceptors (Lipinski definition) is 0. The molecule has 0 aromatic heterocycles. The summed E-state index contributed by atoms with van der Waals surface area (Å²) in [5.74, 6) is 0. The highest BCUT2D eigenvalue weighted by Crippen LogP contribution is 2.48. The zero-order valence-electron chi connectivity index (χ0n) is 28.6. The van der Waals surface area contributed by atoms with Crippen molar-refractivity contribution in [2.24, 2.45) is 0 Å². The third-order valence-corrected chi connectivity index (χ3v) is 10.7. The summed E-state index contributed by atoms with van der Waals surface area (Å²) in [6, 6.07) is 75.6. The molecule has 0 heterocycles. The van der Waals surface area contributed by atoms with Crippen molar-refractivity contribution in [2.75, 3.05) is 0 Å². The number of fused-ring (bicyclic) bond motifs is 5. The molecule has 10 aromatic carbocycles. The van der Waals surface area contributed by atoms with Gasteiger partial charge < -0.3 is 0 Å². The molecule has 52 heavy (non-hydrogen) atoms. The lowest BCUT2D eigenvalue weighted by atomic mass is 9.82. The summed E-state index contributed by atoms with van der Waals surface area (Å²) in [6.07, 6.45) is 0. The highest BCUT2D eigenvalue weighted by Gasteiger charge is 2.20. The third-order valence-electron chi connectivity index (χ3n) is 10.7. The van der Waals surface area contributed by atoms with Crippen molar-refractivity contribution < 1.29 is 0 Å². The minimum Gasteiger partial charge on any atom is -0.0622 e. The molecule has 0 N–H and O–H groups in total. The predicted molar refractivity (Wildman–Crippen MR) is 224 cm³/mol. The minimum atomic E-state index is 1.20. The summed E-state index contributed by atoms with van der Waals surface area (Å²) in [5.41, 5.74) is 12.3. The molecule has 10 rings (SSSR count). The Balaban J connectivity index is 1.29. The molecule has 10 aromatic rings. The van der Waals surface area contributed by atoms with Crippen LogP contribution in [0.1, 0.15) is 0 Å². The van der Waals surface area contributed by atoms with Gasteiger partial charge in [-0.2, -0.15) is 0 Å². The molecule has 0 fully saturated rings. The van der Waals surface area contributed by atoms with Gasteiger partial charge in [-0.3, -0.25) is 0 Å². The van der Waals surface area contributed by atoms with Gasteiger partial charge in [0.15, 0.2) is 0 Å². The molecule has 0 saturated carbocycles. The largest absolute Gasteiger partial charge is 0.0622 e. The molecular weight excluding hydrogens is 625 g/mol. The Kier molecular flexibility index (Phi) is 7.25. The van der Waals surface area contributed by atoms with Crippen molar-refractivity contribution in [1.29, 1.82) is 0 Å². The van der Waals surface area contributed by atoms with E-state index in [1.165, 1.54) is 98.7 Å². The molecule has 0 atom stereocenters. The third kappa shape index (κ3) is 4.92. The van der Waals surface area contributed by atoms with E-state index in [1.54, 1.807) is 0 Å². The van der Waals surface area contributed by atoms with Crippen LogP contribution in [0.2, 0.25) is 0 Å². The summed E-state index contributed by atoms with van der Waals surface area (Å²) in [6.45, 7) is 0. The van der Waals surface area contributed by atoms with Gasteiger partial charge in [0.1, 0.15) is 0 Å². The second kappa shape index (κ2) is 12.5. The van der Waals surface area contributed by atoms with Gasteiger partial charge in [0, 0.05) is 0 Å². The van der Waals surface area contributed by atoms with Crippen LogP contribution < -0.4 is 0 Å². The predicted octanol–water partition coefficient (Wildman–Crippen LogP) is 14.6. The standard InChI is InChI=1S/C52H34/c1-3-17-35(18-4-1)41-32-31-38(40-23-9-10-25-43(40)49-33-37-21-7-8-22-39(37)42-24-11-12-26-44(42)49)34-50(41)52-47-29-15-13-27-45(47)51(36-19-5-2-6-20-36)46-28-14-16-30-48(46)52/h1-34H. The monoisotopic (exact) mass is 658 g/mol. The Labute approximate surface area is 303 Å². The molecule has 0 amide bonds. The van der Waals surface area contributed by atoms with Gasteiger partial charge >= 0.3 is 0 Å². The normalized spacial score (nSPS) is 11.5. The molecule has 0 nitrogen and oxygen atoms in total. The Morgan fingerprint density at radius 2 is 0.654 bits per heavy atom. The fraction of sp³-hybridized carbons (Fsp3) is 0. The lowest BCUT2D eigenvalue weighted by Gasteiger charge is -2.21. The van der Waals surface area contributed by atoms with Crippen LogP contribution in [0.25, 0.3) is 98.7 Å². The highest BCUT2D eigenvalue weighted by atomic mass is 14.2. The molecule has 0 radical (unpaired) electrons. The van der Waals surface area contributed by atoms with E-state index in [2.05, 4.69) is 206 Å². The van der Waals surface area contributed by atoms with E-state index in [4.69, 9.17) is 0 Å². The molecule has 0 unspecified atom stereocenters. The van der Waals surface area contributed by atoms with Gasteiger partial charge in [-0.05, 0) is 111 Å². The zero-order valence-corrected chi connectivity index (χ0v) is 28.6. The first kappa shape index (κ1) is 30.1. The molecule has 0 aliphatic rings. The van der Waals surface area contributed by atoms with E-state index >= 15 is 0 Å². The second-order valence-corrected chi connectivity index (χ2v) is 13.6. The minimum absolute atomic E-state index is 1.20. The molecule has 0 spiro atoms. The quantitative estimate of drug-likeness (QED) is 0.128. The first-order chi connectivity index (χ1) is 25.8. The van der Waals surface area contributed by atoms with Gasteiger partial charge in [-0.15, -0.1) is 0 Å². The first-order valence-corrected chi connectivity index (χ1v) is 18.0. The van der Waals surface area contributed by atoms with Gasteiger partial charge in [0.25, 0.3) is 0 Å². The van der Waals surface area contributed by atoms with Crippen LogP contribution in [0.5, 0.6) is 0 Å². The molecule has 0 bridgehead atoms.